The van der Waals surface area contributed by atoms with Crippen LogP contribution in [0.2, 0.25) is 16.6 Å². The molecule has 4 aromatic rings. The Labute approximate surface area is 578 Å². The number of nitrogens with one attached hydrogen (secondary N) is 2. The lowest BCUT2D eigenvalue weighted by Gasteiger charge is -2.54. The number of carbonyl (C=O) groups is 8. The number of hydrogen-bond acceptors (Lipinski definition) is 27. The largest absolute Gasteiger partial charge is 0.467 e. The van der Waals surface area contributed by atoms with E-state index in [1.54, 1.807) is 48.5 Å². The molecule has 4 aliphatic heterocycles. The number of carbonyl (C=O) groups excluding carboxylic acids is 8. The van der Waals surface area contributed by atoms with Crippen molar-refractivity contribution in [3.05, 3.63) is 156 Å². The van der Waals surface area contributed by atoms with E-state index in [4.69, 9.17) is 70.7 Å². The van der Waals surface area contributed by atoms with Gasteiger partial charge in [-0.1, -0.05) is 120 Å². The number of hydrogen-bond donors (Lipinski definition) is 6. The van der Waals surface area contributed by atoms with E-state index in [9.17, 15) is 58.8 Å². The second kappa shape index (κ2) is 34.2. The molecule has 100 heavy (non-hydrogen) atoms. The molecule has 30 heteroatoms. The summed E-state index contributed by atoms with van der Waals surface area (Å²) in [7, 11) is -1.39. The highest BCUT2D eigenvalue weighted by Gasteiger charge is 2.64. The minimum atomic E-state index is -3.39. The van der Waals surface area contributed by atoms with Crippen LogP contribution < -0.4 is 10.6 Å². The van der Waals surface area contributed by atoms with Crippen LogP contribution >= 0.6 is 0 Å². The van der Waals surface area contributed by atoms with Crippen LogP contribution in [-0.4, -0.2) is 233 Å². The first-order valence-electron chi connectivity index (χ1n) is 32.3. The normalized spacial score (nSPS) is 30.1. The molecular formula is C70H88N2O27Si. The lowest BCUT2D eigenvalue weighted by atomic mass is 9.93. The molecule has 4 fully saturated rings. The van der Waals surface area contributed by atoms with Crippen LogP contribution in [0.1, 0.15) is 96.8 Å². The van der Waals surface area contributed by atoms with Crippen molar-refractivity contribution < 1.29 is 130 Å². The number of aliphatic hydroxyl groups is 4. The van der Waals surface area contributed by atoms with Crippen LogP contribution in [0.15, 0.2) is 134 Å². The van der Waals surface area contributed by atoms with Crippen molar-refractivity contribution in [3.8, 4) is 0 Å². The summed E-state index contributed by atoms with van der Waals surface area (Å²) in [4.78, 5) is 115. The highest BCUT2D eigenvalue weighted by Crippen LogP contribution is 2.53. The molecule has 4 heterocycles. The summed E-state index contributed by atoms with van der Waals surface area (Å²) in [5, 5.41) is 50.2. The Morgan fingerprint density at radius 3 is 1.12 bits per heavy atom. The van der Waals surface area contributed by atoms with Crippen molar-refractivity contribution in [2.45, 2.75) is 195 Å². The summed E-state index contributed by atoms with van der Waals surface area (Å²) in [6.45, 7) is 17.2. The van der Waals surface area contributed by atoms with Crippen molar-refractivity contribution >= 4 is 55.9 Å². The molecule has 29 nitrogen and oxygen atoms in total. The quantitative estimate of drug-likeness (QED) is 0.0238. The van der Waals surface area contributed by atoms with E-state index in [0.717, 1.165) is 28.1 Å². The van der Waals surface area contributed by atoms with Gasteiger partial charge in [-0.05, 0) is 65.2 Å². The van der Waals surface area contributed by atoms with Crippen molar-refractivity contribution in [1.82, 2.24) is 10.6 Å². The van der Waals surface area contributed by atoms with Gasteiger partial charge in [-0.3, -0.25) is 9.59 Å². The van der Waals surface area contributed by atoms with Crippen LogP contribution in [0.5, 0.6) is 0 Å². The minimum absolute atomic E-state index is 0.00353. The Kier molecular flexibility index (Phi) is 26.6. The fraction of sp³-hybridized carbons (Fsp3) is 0.514. The maximum atomic E-state index is 14.8. The Morgan fingerprint density at radius 2 is 0.790 bits per heavy atom. The third-order valence-corrected chi connectivity index (χ3v) is 24.3. The maximum Gasteiger partial charge on any atom is 0.338 e. The summed E-state index contributed by atoms with van der Waals surface area (Å²) >= 11 is 0. The number of benzene rings is 4. The topological polar surface area (TPSA) is 380 Å². The molecule has 0 saturated carbocycles. The number of aliphatic hydroxyl groups excluding tert-OH is 4. The molecule has 8 unspecified atom stereocenters. The molecule has 0 aliphatic carbocycles. The van der Waals surface area contributed by atoms with Crippen LogP contribution in [0.3, 0.4) is 0 Å². The molecule has 2 amide bonds. The van der Waals surface area contributed by atoms with Crippen LogP contribution in [0.25, 0.3) is 0 Å². The van der Waals surface area contributed by atoms with Crippen molar-refractivity contribution in [1.29, 1.82) is 0 Å². The first-order chi connectivity index (χ1) is 47.5. The zero-order valence-corrected chi connectivity index (χ0v) is 58.2. The van der Waals surface area contributed by atoms with E-state index in [0.29, 0.717) is 0 Å². The van der Waals surface area contributed by atoms with Gasteiger partial charge in [0.15, 0.2) is 61.8 Å². The third-order valence-electron chi connectivity index (χ3n) is 17.8. The molecule has 6 N–H and O–H groups in total. The van der Waals surface area contributed by atoms with Gasteiger partial charge in [0.1, 0.15) is 60.9 Å². The molecular weight excluding hydrogens is 1330 g/mol. The van der Waals surface area contributed by atoms with Crippen molar-refractivity contribution in [2.75, 3.05) is 34.0 Å². The fourth-order valence-corrected chi connectivity index (χ4v) is 15.9. The zero-order valence-electron chi connectivity index (χ0n) is 57.2. The molecule has 0 radical (unpaired) electrons. The summed E-state index contributed by atoms with van der Waals surface area (Å²) < 4.78 is 94.6. The Balaban J connectivity index is 1.30. The predicted molar refractivity (Wildman–Crippen MR) is 349 cm³/mol. The lowest BCUT2D eigenvalue weighted by Crippen LogP contribution is -2.72. The summed E-state index contributed by atoms with van der Waals surface area (Å²) in [6, 6.07) is 26.4. The van der Waals surface area contributed by atoms with E-state index in [2.05, 4.69) is 17.2 Å². The van der Waals surface area contributed by atoms with E-state index in [-0.39, 0.29) is 28.9 Å². The summed E-state index contributed by atoms with van der Waals surface area (Å²) in [6.07, 6.45) is -34.4. The average Bonchev–Trinajstić information content (AvgIpc) is 0.751. The molecule has 4 saturated heterocycles. The van der Waals surface area contributed by atoms with Gasteiger partial charge in [-0.2, -0.15) is 0 Å². The number of rotatable bonds is 25. The van der Waals surface area contributed by atoms with Gasteiger partial charge in [-0.25, -0.2) is 28.8 Å². The second-order valence-corrected chi connectivity index (χ2v) is 31.6. The number of amides is 2. The van der Waals surface area contributed by atoms with Gasteiger partial charge in [0.05, 0.1) is 56.3 Å². The summed E-state index contributed by atoms with van der Waals surface area (Å²) in [5.74, 6) is -8.40. The van der Waals surface area contributed by atoms with Gasteiger partial charge < -0.3 is 102 Å². The number of ether oxygens (including phenoxy) is 14. The van der Waals surface area contributed by atoms with E-state index >= 15 is 0 Å². The standard InChI is InChI=1S/C70H88N2O27Si/c1-13-34-87-65-45(71-37(2)75)49(47(77)43(35-73)88-65)94-67-57(92-61(81)41-30-22-16-23-31-41)52(90-59(79)39-26-18-14-19-27-39)51(55(97-67)63(83)85-10)96-66-46(72-38(3)76)50(48(78)44(36-74)89-66)95-68-58(93-62(82)42-32-24-17-25-33-42)53(91-60(80)40-28-20-15-21-29-40)54(56(98-68)64(84)86-11)99-100(12,69(4,5)6)70(7,8)9/h13-33,43-58,65-68,73-74,77-78H,1,34-36H2,2-12H3,(H,71,75)(H,72,76)/t43?,44?,45?,46?,47-,48-,49+,50+,51-,52-,53-,54-,55?,56?,57?,58?,65+,66-,67+,68+/m0/s1. The van der Waals surface area contributed by atoms with Crippen LogP contribution in [0, 0.1) is 0 Å². The second-order valence-electron chi connectivity index (χ2n) is 26.3. The van der Waals surface area contributed by atoms with Crippen molar-refractivity contribution in [3.63, 3.8) is 0 Å². The highest BCUT2D eigenvalue weighted by atomic mass is 28.4. The molecule has 4 aromatic carbocycles. The molecule has 4 aliphatic rings. The highest BCUT2D eigenvalue weighted by molar-refractivity contribution is 6.78. The van der Waals surface area contributed by atoms with Crippen LogP contribution in [-0.2, 0) is 89.9 Å². The van der Waals surface area contributed by atoms with Gasteiger partial charge in [0, 0.05) is 13.8 Å². The maximum absolute atomic E-state index is 14.8. The van der Waals surface area contributed by atoms with Gasteiger partial charge in [0.2, 0.25) is 20.1 Å². The third kappa shape index (κ3) is 18.0. The minimum Gasteiger partial charge on any atom is -0.467 e. The molecule has 544 valence electrons. The first-order valence-corrected chi connectivity index (χ1v) is 34.7. The van der Waals surface area contributed by atoms with Crippen LogP contribution in [0.4, 0.5) is 0 Å². The molecule has 8 rings (SSSR count). The zero-order chi connectivity index (χ0) is 73.0. The van der Waals surface area contributed by atoms with Gasteiger partial charge in [-0.15, -0.1) is 6.58 Å². The Hall–Kier alpha value is -7.92. The number of esters is 6. The number of methoxy groups -OCH3 is 2. The monoisotopic (exact) mass is 1420 g/mol. The van der Waals surface area contributed by atoms with E-state index in [1.807, 2.05) is 48.1 Å². The Morgan fingerprint density at radius 1 is 0.470 bits per heavy atom. The van der Waals surface area contributed by atoms with Gasteiger partial charge >= 0.3 is 35.8 Å². The van der Waals surface area contributed by atoms with Crippen molar-refractivity contribution in [2.24, 2.45) is 0 Å². The SMILES string of the molecule is C=CCO[C@@H]1OC(CO)[C@H](O)[C@H](O[C@@H]2OC(C(=O)OC)[C@@H](O[C@@H]3OC(CO)[C@H](O)[C@H](O[C@@H]4OC(C(=O)OC)[C@@H](O[Si](C)(C(C)(C)C)C(C)(C)C)[C@H](OC(=O)c5ccccc5)C4OC(=O)c4ccccc4)C3NC(C)=O)[C@H](OC(=O)c3ccccc3)C2OC(=O)c2ccccc2)C1NC(C)=O. The van der Waals surface area contributed by atoms with E-state index in [1.165, 1.54) is 78.9 Å². The molecule has 0 spiro atoms. The molecule has 0 aromatic heterocycles. The fourth-order valence-electron chi connectivity index (χ4n) is 12.2. The average molecular weight is 1420 g/mol. The Bertz CT molecular complexity index is 3420. The van der Waals surface area contributed by atoms with E-state index < -0.39 is 202 Å². The predicted octanol–water partition coefficient (Wildman–Crippen LogP) is 3.77. The lowest BCUT2D eigenvalue weighted by molar-refractivity contribution is -0.368. The smallest absolute Gasteiger partial charge is 0.338 e. The molecule has 0 bridgehead atoms. The van der Waals surface area contributed by atoms with Gasteiger partial charge in [0.25, 0.3) is 0 Å². The first kappa shape index (κ1) is 77.8. The summed E-state index contributed by atoms with van der Waals surface area (Å²) in [5.41, 5.74) is -0.265. The molecule has 20 atom stereocenters.